The zero-order chi connectivity index (χ0) is 20.9. The van der Waals surface area contributed by atoms with Crippen LogP contribution in [0.15, 0.2) is 47.5 Å². The van der Waals surface area contributed by atoms with Crippen LogP contribution in [0.1, 0.15) is 30.9 Å². The van der Waals surface area contributed by atoms with Gasteiger partial charge in [-0.15, -0.1) is 24.0 Å². The number of piperidine rings is 1. The number of fused-ring (bicyclic) bond motifs is 1. The number of nitrogens with two attached hydrogens (primary N) is 1. The zero-order valence-electron chi connectivity index (χ0n) is 17.7. The molecular weight excluding hydrogens is 527 g/mol. The van der Waals surface area contributed by atoms with Crippen LogP contribution >= 0.6 is 35.6 Å². The number of nitrogens with zero attached hydrogens (tertiary/aromatic N) is 2. The van der Waals surface area contributed by atoms with Crippen LogP contribution < -0.4 is 20.5 Å². The molecule has 2 atom stereocenters. The van der Waals surface area contributed by atoms with E-state index >= 15 is 0 Å². The topological polar surface area (TPSA) is 72.1 Å². The van der Waals surface area contributed by atoms with Gasteiger partial charge in [0.25, 0.3) is 0 Å². The molecule has 168 valence electrons. The molecule has 0 spiro atoms. The Morgan fingerprint density at radius 3 is 2.77 bits per heavy atom. The van der Waals surface area contributed by atoms with Crippen LogP contribution in [-0.4, -0.2) is 44.2 Å². The van der Waals surface area contributed by atoms with Crippen molar-refractivity contribution in [2.24, 2.45) is 16.6 Å². The highest BCUT2D eigenvalue weighted by molar-refractivity contribution is 14.0. The number of likely N-dealkylation sites (tertiary alicyclic amines) is 1. The van der Waals surface area contributed by atoms with Gasteiger partial charge in [-0.3, -0.25) is 9.89 Å². The first-order valence-electron chi connectivity index (χ1n) is 10.5. The highest BCUT2D eigenvalue weighted by Crippen LogP contribution is 2.36. The maximum Gasteiger partial charge on any atom is 0.193 e. The number of guanidine groups is 1. The van der Waals surface area contributed by atoms with Crippen molar-refractivity contribution in [1.29, 1.82) is 0 Å². The molecule has 0 aliphatic carbocycles. The number of rotatable bonds is 4. The van der Waals surface area contributed by atoms with Crippen molar-refractivity contribution in [2.75, 3.05) is 38.7 Å². The zero-order valence-corrected chi connectivity index (χ0v) is 20.8. The van der Waals surface area contributed by atoms with E-state index in [9.17, 15) is 0 Å². The second-order valence-corrected chi connectivity index (χ2v) is 8.38. The Bertz CT molecular complexity index is 911. The largest absolute Gasteiger partial charge is 0.490 e. The van der Waals surface area contributed by atoms with Crippen molar-refractivity contribution in [3.8, 4) is 11.5 Å². The van der Waals surface area contributed by atoms with Crippen LogP contribution in [0.4, 0.5) is 5.69 Å². The van der Waals surface area contributed by atoms with Gasteiger partial charge < -0.3 is 20.5 Å². The Kier molecular flexibility index (Phi) is 8.68. The van der Waals surface area contributed by atoms with E-state index in [2.05, 4.69) is 34.4 Å². The minimum Gasteiger partial charge on any atom is -0.490 e. The number of ether oxygens (including phenoxy) is 2. The second kappa shape index (κ2) is 11.2. The molecule has 6 nitrogen and oxygen atoms in total. The van der Waals surface area contributed by atoms with Crippen molar-refractivity contribution in [2.45, 2.75) is 25.3 Å². The summed E-state index contributed by atoms with van der Waals surface area (Å²) in [7, 11) is 2.17. The number of benzene rings is 2. The lowest BCUT2D eigenvalue weighted by Gasteiger charge is -2.39. The van der Waals surface area contributed by atoms with Crippen LogP contribution in [0.3, 0.4) is 0 Å². The number of anilines is 1. The summed E-state index contributed by atoms with van der Waals surface area (Å²) in [5.74, 6) is 2.29. The summed E-state index contributed by atoms with van der Waals surface area (Å²) in [5, 5.41) is 3.95. The molecule has 3 N–H and O–H groups in total. The van der Waals surface area contributed by atoms with Gasteiger partial charge in [0.15, 0.2) is 17.5 Å². The van der Waals surface area contributed by atoms with Crippen molar-refractivity contribution in [3.63, 3.8) is 0 Å². The number of aliphatic imine (C=N–C) groups is 1. The van der Waals surface area contributed by atoms with E-state index < -0.39 is 0 Å². The maximum absolute atomic E-state index is 6.24. The van der Waals surface area contributed by atoms with Gasteiger partial charge in [-0.05, 0) is 62.2 Å². The van der Waals surface area contributed by atoms with Gasteiger partial charge in [-0.2, -0.15) is 0 Å². The SMILES string of the molecule is CN1CCCC(CN=C(N)Nc2ccc3c(c2)OCCCO3)C1c1cccc(Cl)c1.I. The number of nitrogens with one attached hydrogen (secondary N) is 1. The summed E-state index contributed by atoms with van der Waals surface area (Å²) in [6.45, 7) is 3.06. The van der Waals surface area contributed by atoms with Gasteiger partial charge in [0, 0.05) is 35.8 Å². The predicted molar refractivity (Wildman–Crippen MR) is 137 cm³/mol. The minimum absolute atomic E-state index is 0. The molecule has 31 heavy (non-hydrogen) atoms. The van der Waals surface area contributed by atoms with Crippen LogP contribution in [0, 0.1) is 5.92 Å². The first-order valence-corrected chi connectivity index (χ1v) is 10.9. The van der Waals surface area contributed by atoms with Gasteiger partial charge >= 0.3 is 0 Å². The summed E-state index contributed by atoms with van der Waals surface area (Å²) in [6, 6.07) is 14.2. The highest BCUT2D eigenvalue weighted by Gasteiger charge is 2.30. The van der Waals surface area contributed by atoms with Crippen molar-refractivity contribution < 1.29 is 9.47 Å². The predicted octanol–water partition coefficient (Wildman–Crippen LogP) is 4.93. The lowest BCUT2D eigenvalue weighted by molar-refractivity contribution is 0.125. The molecule has 2 aliphatic heterocycles. The molecule has 1 saturated heterocycles. The normalized spacial score (nSPS) is 21.7. The standard InChI is InChI=1S/C23H29ClN4O2.HI/c1-28-10-3-6-17(22(28)16-5-2-7-18(24)13-16)15-26-23(25)27-19-8-9-20-21(14-19)30-12-4-11-29-20;/h2,5,7-9,13-14,17,22H,3-4,6,10-12,15H2,1H3,(H3,25,26,27);1H. The molecule has 0 radical (unpaired) electrons. The second-order valence-electron chi connectivity index (χ2n) is 7.95. The van der Waals surface area contributed by atoms with Crippen LogP contribution in [0.25, 0.3) is 0 Å². The fourth-order valence-electron chi connectivity index (χ4n) is 4.31. The van der Waals surface area contributed by atoms with Gasteiger partial charge in [0.05, 0.1) is 13.2 Å². The molecular formula is C23H30ClIN4O2. The lowest BCUT2D eigenvalue weighted by atomic mass is 9.85. The van der Waals surface area contributed by atoms with Gasteiger partial charge in [0.2, 0.25) is 0 Å². The Labute approximate surface area is 206 Å². The Morgan fingerprint density at radius 2 is 1.97 bits per heavy atom. The monoisotopic (exact) mass is 556 g/mol. The molecule has 2 unspecified atom stereocenters. The third-order valence-electron chi connectivity index (χ3n) is 5.71. The average Bonchev–Trinajstić information content (AvgIpc) is 2.97. The Balaban J connectivity index is 0.00000272. The number of hydrogen-bond donors (Lipinski definition) is 2. The van der Waals surface area contributed by atoms with E-state index in [-0.39, 0.29) is 30.0 Å². The van der Waals surface area contributed by atoms with Crippen molar-refractivity contribution >= 4 is 47.2 Å². The van der Waals surface area contributed by atoms with E-state index in [1.165, 1.54) is 5.56 Å². The Hall–Kier alpha value is -1.71. The molecule has 1 fully saturated rings. The third kappa shape index (κ3) is 6.17. The fraction of sp³-hybridized carbons (Fsp3) is 0.435. The van der Waals surface area contributed by atoms with E-state index in [0.717, 1.165) is 48.0 Å². The quantitative estimate of drug-likeness (QED) is 0.318. The molecule has 2 heterocycles. The van der Waals surface area contributed by atoms with Crippen molar-refractivity contribution in [3.05, 3.63) is 53.1 Å². The first-order chi connectivity index (χ1) is 14.6. The molecule has 0 bridgehead atoms. The van der Waals surface area contributed by atoms with Crippen molar-refractivity contribution in [1.82, 2.24) is 4.90 Å². The van der Waals surface area contributed by atoms with Crippen LogP contribution in [0.2, 0.25) is 5.02 Å². The maximum atomic E-state index is 6.24. The van der Waals surface area contributed by atoms with E-state index in [1.54, 1.807) is 0 Å². The summed E-state index contributed by atoms with van der Waals surface area (Å²) >= 11 is 6.24. The lowest BCUT2D eigenvalue weighted by Crippen LogP contribution is -2.38. The van der Waals surface area contributed by atoms with E-state index in [1.807, 2.05) is 30.3 Å². The summed E-state index contributed by atoms with van der Waals surface area (Å²) in [5.41, 5.74) is 8.28. The van der Waals surface area contributed by atoms with Gasteiger partial charge in [0.1, 0.15) is 0 Å². The fourth-order valence-corrected chi connectivity index (χ4v) is 4.51. The highest BCUT2D eigenvalue weighted by atomic mass is 127. The molecule has 2 aliphatic rings. The smallest absolute Gasteiger partial charge is 0.193 e. The van der Waals surface area contributed by atoms with Gasteiger partial charge in [-0.1, -0.05) is 23.7 Å². The van der Waals surface area contributed by atoms with E-state index in [4.69, 9.17) is 26.8 Å². The van der Waals surface area contributed by atoms with Crippen LogP contribution in [0.5, 0.6) is 11.5 Å². The molecule has 0 saturated carbocycles. The molecule has 0 aromatic heterocycles. The molecule has 2 aromatic rings. The molecule has 2 aromatic carbocycles. The van der Waals surface area contributed by atoms with E-state index in [0.29, 0.717) is 31.6 Å². The summed E-state index contributed by atoms with van der Waals surface area (Å²) < 4.78 is 11.4. The minimum atomic E-state index is 0. The summed E-state index contributed by atoms with van der Waals surface area (Å²) in [6.07, 6.45) is 3.15. The first kappa shape index (κ1) is 23.9. The number of halogens is 2. The average molecular weight is 557 g/mol. The molecule has 8 heteroatoms. The molecule has 4 rings (SSSR count). The Morgan fingerprint density at radius 1 is 1.16 bits per heavy atom. The third-order valence-corrected chi connectivity index (χ3v) is 5.95. The number of hydrogen-bond acceptors (Lipinski definition) is 4. The molecule has 0 amide bonds. The van der Waals surface area contributed by atoms with Gasteiger partial charge in [-0.25, -0.2) is 0 Å². The van der Waals surface area contributed by atoms with Crippen LogP contribution in [-0.2, 0) is 0 Å². The summed E-state index contributed by atoms with van der Waals surface area (Å²) in [4.78, 5) is 7.05.